The van der Waals surface area contributed by atoms with Crippen LogP contribution in [0, 0.1) is 0 Å². The summed E-state index contributed by atoms with van der Waals surface area (Å²) in [6.07, 6.45) is 8.61. The standard InChI is InChI=1S/C18H36O5/c1-2-3-4-5-6-7-8-9-10-11-12-15-16(21)17(22)18(23-15)14(20)13-19/h14-22H,2-13H2,1H3/t14-,15?,16+,17-,18-/m1/s1. The summed E-state index contributed by atoms with van der Waals surface area (Å²) in [5, 5.41) is 38.3. The molecule has 0 saturated carbocycles. The Morgan fingerprint density at radius 1 is 0.826 bits per heavy atom. The molecule has 0 spiro atoms. The van der Waals surface area contributed by atoms with Gasteiger partial charge in [0.25, 0.3) is 0 Å². The summed E-state index contributed by atoms with van der Waals surface area (Å²) in [4.78, 5) is 0. The van der Waals surface area contributed by atoms with E-state index in [9.17, 15) is 15.3 Å². The SMILES string of the molecule is CCCCCCCCCCCCC1O[C@H]([C@H](O)CO)[C@H](O)[C@H]1O. The largest absolute Gasteiger partial charge is 0.394 e. The molecule has 0 amide bonds. The second kappa shape index (κ2) is 12.2. The minimum Gasteiger partial charge on any atom is -0.394 e. The Kier molecular flexibility index (Phi) is 11.1. The van der Waals surface area contributed by atoms with E-state index in [0.29, 0.717) is 6.42 Å². The molecule has 0 radical (unpaired) electrons. The minimum atomic E-state index is -1.14. The lowest BCUT2D eigenvalue weighted by Crippen LogP contribution is -2.40. The maximum Gasteiger partial charge on any atom is 0.115 e. The number of unbranched alkanes of at least 4 members (excludes halogenated alkanes) is 9. The molecule has 1 unspecified atom stereocenters. The smallest absolute Gasteiger partial charge is 0.115 e. The highest BCUT2D eigenvalue weighted by Gasteiger charge is 2.45. The van der Waals surface area contributed by atoms with E-state index in [0.717, 1.165) is 12.8 Å². The van der Waals surface area contributed by atoms with E-state index in [4.69, 9.17) is 9.84 Å². The number of hydrogen-bond donors (Lipinski definition) is 4. The molecule has 5 nitrogen and oxygen atoms in total. The van der Waals surface area contributed by atoms with Gasteiger partial charge in [-0.25, -0.2) is 0 Å². The summed E-state index contributed by atoms with van der Waals surface area (Å²) >= 11 is 0. The van der Waals surface area contributed by atoms with E-state index in [1.165, 1.54) is 51.4 Å². The van der Waals surface area contributed by atoms with Crippen LogP contribution in [0.5, 0.6) is 0 Å². The molecule has 0 aromatic carbocycles. The summed E-state index contributed by atoms with van der Waals surface area (Å²) < 4.78 is 5.51. The predicted molar refractivity (Wildman–Crippen MR) is 90.2 cm³/mol. The summed E-state index contributed by atoms with van der Waals surface area (Å²) in [6, 6.07) is 0. The summed E-state index contributed by atoms with van der Waals surface area (Å²) in [5.74, 6) is 0. The average molecular weight is 332 g/mol. The van der Waals surface area contributed by atoms with Crippen molar-refractivity contribution in [2.75, 3.05) is 6.61 Å². The Hall–Kier alpha value is -0.200. The molecule has 1 aliphatic heterocycles. The van der Waals surface area contributed by atoms with Gasteiger partial charge >= 0.3 is 0 Å². The van der Waals surface area contributed by atoms with Crippen molar-refractivity contribution in [3.8, 4) is 0 Å². The summed E-state index contributed by atoms with van der Waals surface area (Å²) in [7, 11) is 0. The second-order valence-electron chi connectivity index (χ2n) is 6.84. The van der Waals surface area contributed by atoms with Gasteiger partial charge in [0.05, 0.1) is 12.7 Å². The first-order valence-corrected chi connectivity index (χ1v) is 9.42. The van der Waals surface area contributed by atoms with Crippen molar-refractivity contribution < 1.29 is 25.2 Å². The molecule has 1 heterocycles. The number of hydrogen-bond acceptors (Lipinski definition) is 5. The van der Waals surface area contributed by atoms with Crippen molar-refractivity contribution >= 4 is 0 Å². The van der Waals surface area contributed by atoms with E-state index in [-0.39, 0.29) is 0 Å². The maximum absolute atomic E-state index is 9.95. The van der Waals surface area contributed by atoms with Gasteiger partial charge in [-0.1, -0.05) is 71.1 Å². The third kappa shape index (κ3) is 7.48. The van der Waals surface area contributed by atoms with Crippen molar-refractivity contribution in [1.29, 1.82) is 0 Å². The van der Waals surface area contributed by atoms with Gasteiger partial charge in [-0.3, -0.25) is 0 Å². The lowest BCUT2D eigenvalue weighted by atomic mass is 10.00. The fourth-order valence-electron chi connectivity index (χ4n) is 3.27. The van der Waals surface area contributed by atoms with Crippen molar-refractivity contribution in [3.05, 3.63) is 0 Å². The van der Waals surface area contributed by atoms with Gasteiger partial charge in [-0.05, 0) is 6.42 Å². The van der Waals surface area contributed by atoms with Crippen LogP contribution in [0.25, 0.3) is 0 Å². The van der Waals surface area contributed by atoms with E-state index in [2.05, 4.69) is 6.92 Å². The molecule has 0 aliphatic carbocycles. The number of aliphatic hydroxyl groups is 4. The van der Waals surface area contributed by atoms with Crippen LogP contribution in [0.1, 0.15) is 77.6 Å². The number of rotatable bonds is 13. The second-order valence-corrected chi connectivity index (χ2v) is 6.84. The molecule has 1 fully saturated rings. The molecule has 4 N–H and O–H groups in total. The van der Waals surface area contributed by atoms with E-state index in [1.807, 2.05) is 0 Å². The Balaban J connectivity index is 2.03. The van der Waals surface area contributed by atoms with Crippen LogP contribution in [0.15, 0.2) is 0 Å². The lowest BCUT2D eigenvalue weighted by Gasteiger charge is -2.18. The van der Waals surface area contributed by atoms with Gasteiger partial charge < -0.3 is 25.2 Å². The van der Waals surface area contributed by atoms with E-state index >= 15 is 0 Å². The average Bonchev–Trinajstić information content (AvgIpc) is 2.84. The highest BCUT2D eigenvalue weighted by Crippen LogP contribution is 2.27. The van der Waals surface area contributed by atoms with Gasteiger partial charge in [0.2, 0.25) is 0 Å². The molecule has 5 heteroatoms. The fourth-order valence-corrected chi connectivity index (χ4v) is 3.27. The molecule has 0 bridgehead atoms. The first-order valence-electron chi connectivity index (χ1n) is 9.42. The zero-order chi connectivity index (χ0) is 17.1. The van der Waals surface area contributed by atoms with Crippen LogP contribution in [0.2, 0.25) is 0 Å². The third-order valence-electron chi connectivity index (χ3n) is 4.81. The Morgan fingerprint density at radius 3 is 1.87 bits per heavy atom. The molecule has 5 atom stereocenters. The lowest BCUT2D eigenvalue weighted by molar-refractivity contribution is -0.0825. The molecule has 23 heavy (non-hydrogen) atoms. The molecular formula is C18H36O5. The van der Waals surface area contributed by atoms with E-state index in [1.54, 1.807) is 0 Å². The van der Waals surface area contributed by atoms with Gasteiger partial charge in [-0.15, -0.1) is 0 Å². The van der Waals surface area contributed by atoms with Crippen LogP contribution in [-0.4, -0.2) is 57.6 Å². The Labute approximate surface area is 140 Å². The van der Waals surface area contributed by atoms with Gasteiger partial charge in [-0.2, -0.15) is 0 Å². The maximum atomic E-state index is 9.95. The fraction of sp³-hybridized carbons (Fsp3) is 1.00. The molecule has 138 valence electrons. The van der Waals surface area contributed by atoms with Crippen LogP contribution in [0.3, 0.4) is 0 Å². The molecule has 0 aromatic rings. The van der Waals surface area contributed by atoms with Gasteiger partial charge in [0.1, 0.15) is 24.4 Å². The monoisotopic (exact) mass is 332 g/mol. The highest BCUT2D eigenvalue weighted by molar-refractivity contribution is 4.93. The van der Waals surface area contributed by atoms with Crippen LogP contribution < -0.4 is 0 Å². The first kappa shape index (κ1) is 20.8. The Morgan fingerprint density at radius 2 is 1.35 bits per heavy atom. The quantitative estimate of drug-likeness (QED) is 0.388. The number of ether oxygens (including phenoxy) is 1. The van der Waals surface area contributed by atoms with Crippen LogP contribution in [-0.2, 0) is 4.74 Å². The molecule has 0 aromatic heterocycles. The van der Waals surface area contributed by atoms with Crippen LogP contribution in [0.4, 0.5) is 0 Å². The number of aliphatic hydroxyl groups excluding tert-OH is 4. The van der Waals surface area contributed by atoms with Crippen molar-refractivity contribution in [3.63, 3.8) is 0 Å². The predicted octanol–water partition coefficient (Wildman–Crippen LogP) is 2.14. The summed E-state index contributed by atoms with van der Waals surface area (Å²) in [6.45, 7) is 1.76. The van der Waals surface area contributed by atoms with Crippen molar-refractivity contribution in [2.24, 2.45) is 0 Å². The topological polar surface area (TPSA) is 90.2 Å². The zero-order valence-corrected chi connectivity index (χ0v) is 14.6. The van der Waals surface area contributed by atoms with Crippen molar-refractivity contribution in [1.82, 2.24) is 0 Å². The minimum absolute atomic E-state index is 0.440. The molecular weight excluding hydrogens is 296 g/mol. The summed E-state index contributed by atoms with van der Waals surface area (Å²) in [5.41, 5.74) is 0. The molecule has 1 aliphatic rings. The van der Waals surface area contributed by atoms with Gasteiger partial charge in [0.15, 0.2) is 0 Å². The molecule has 1 saturated heterocycles. The van der Waals surface area contributed by atoms with Crippen molar-refractivity contribution in [2.45, 2.75) is 108 Å². The van der Waals surface area contributed by atoms with Crippen LogP contribution >= 0.6 is 0 Å². The van der Waals surface area contributed by atoms with E-state index < -0.39 is 37.1 Å². The first-order chi connectivity index (χ1) is 11.1. The molecule has 1 rings (SSSR count). The Bertz CT molecular complexity index is 287. The zero-order valence-electron chi connectivity index (χ0n) is 14.6. The highest BCUT2D eigenvalue weighted by atomic mass is 16.6. The third-order valence-corrected chi connectivity index (χ3v) is 4.81. The normalized spacial score (nSPS) is 29.1. The van der Waals surface area contributed by atoms with Gasteiger partial charge in [0, 0.05) is 0 Å².